The summed E-state index contributed by atoms with van der Waals surface area (Å²) in [4.78, 5) is 4.35. The van der Waals surface area contributed by atoms with Crippen LogP contribution in [-0.2, 0) is 0 Å². The molecule has 0 radical (unpaired) electrons. The average Bonchev–Trinajstić information content (AvgIpc) is 2.93. The minimum Gasteiger partial charge on any atom is -0.491 e. The van der Waals surface area contributed by atoms with Gasteiger partial charge in [0.15, 0.2) is 0 Å². The molecule has 2 aromatic rings. The summed E-state index contributed by atoms with van der Waals surface area (Å²) in [6, 6.07) is 8.11. The Kier molecular flexibility index (Phi) is 5.04. The molecule has 108 valence electrons. The highest BCUT2D eigenvalue weighted by atomic mass is 16.5. The predicted octanol–water partition coefficient (Wildman–Crippen LogP) is 3.87. The highest BCUT2D eigenvalue weighted by molar-refractivity contribution is 5.45. The molecular weight excluding hydrogens is 250 g/mol. The van der Waals surface area contributed by atoms with E-state index in [1.165, 1.54) is 0 Å². The van der Waals surface area contributed by atoms with Crippen molar-refractivity contribution in [2.75, 3.05) is 11.9 Å². The second-order valence-electron chi connectivity index (χ2n) is 4.88. The van der Waals surface area contributed by atoms with E-state index in [9.17, 15) is 0 Å². The van der Waals surface area contributed by atoms with E-state index in [1.807, 2.05) is 29.0 Å². The van der Waals surface area contributed by atoms with Crippen molar-refractivity contribution in [3.05, 3.63) is 36.7 Å². The van der Waals surface area contributed by atoms with E-state index in [2.05, 4.69) is 37.1 Å². The van der Waals surface area contributed by atoms with Crippen LogP contribution in [0.15, 0.2) is 36.7 Å². The second-order valence-corrected chi connectivity index (χ2v) is 4.88. The first-order valence-electron chi connectivity index (χ1n) is 7.29. The van der Waals surface area contributed by atoms with Crippen LogP contribution in [0.25, 0.3) is 5.69 Å². The van der Waals surface area contributed by atoms with Crippen molar-refractivity contribution in [1.82, 2.24) is 9.55 Å². The van der Waals surface area contributed by atoms with Gasteiger partial charge in [0.2, 0.25) is 5.95 Å². The lowest BCUT2D eigenvalue weighted by molar-refractivity contribution is 0.217. The monoisotopic (exact) mass is 273 g/mol. The van der Waals surface area contributed by atoms with Crippen molar-refractivity contribution < 1.29 is 4.74 Å². The molecule has 1 atom stereocenters. The van der Waals surface area contributed by atoms with E-state index < -0.39 is 0 Å². The highest BCUT2D eigenvalue weighted by Gasteiger charge is 2.06. The second kappa shape index (κ2) is 6.98. The molecule has 0 aliphatic carbocycles. The number of hydrogen-bond donors (Lipinski definition) is 1. The van der Waals surface area contributed by atoms with E-state index in [0.29, 0.717) is 0 Å². The third kappa shape index (κ3) is 3.53. The maximum absolute atomic E-state index is 5.87. The molecule has 0 saturated heterocycles. The topological polar surface area (TPSA) is 39.1 Å². The van der Waals surface area contributed by atoms with Gasteiger partial charge in [0.25, 0.3) is 0 Å². The van der Waals surface area contributed by atoms with Crippen LogP contribution >= 0.6 is 0 Å². The third-order valence-electron chi connectivity index (χ3n) is 3.18. The van der Waals surface area contributed by atoms with Gasteiger partial charge in [-0.15, -0.1) is 0 Å². The van der Waals surface area contributed by atoms with E-state index in [4.69, 9.17) is 4.74 Å². The minimum absolute atomic E-state index is 0.228. The van der Waals surface area contributed by atoms with Crippen LogP contribution in [0.2, 0.25) is 0 Å². The van der Waals surface area contributed by atoms with Crippen LogP contribution < -0.4 is 10.1 Å². The quantitative estimate of drug-likeness (QED) is 0.832. The first kappa shape index (κ1) is 14.4. The van der Waals surface area contributed by atoms with Gasteiger partial charge in [-0.25, -0.2) is 4.98 Å². The molecule has 20 heavy (non-hydrogen) atoms. The third-order valence-corrected chi connectivity index (χ3v) is 3.18. The van der Waals surface area contributed by atoms with Gasteiger partial charge in [-0.1, -0.05) is 19.9 Å². The maximum atomic E-state index is 5.87. The summed E-state index contributed by atoms with van der Waals surface area (Å²) < 4.78 is 7.91. The lowest BCUT2D eigenvalue weighted by Crippen LogP contribution is -2.10. The Labute approximate surface area is 120 Å². The Morgan fingerprint density at radius 1 is 1.35 bits per heavy atom. The molecule has 0 amide bonds. The molecule has 1 aromatic carbocycles. The van der Waals surface area contributed by atoms with Gasteiger partial charge in [-0.3, -0.25) is 4.57 Å². The van der Waals surface area contributed by atoms with Crippen LogP contribution in [-0.4, -0.2) is 22.2 Å². The number of anilines is 1. The van der Waals surface area contributed by atoms with Gasteiger partial charge >= 0.3 is 0 Å². The molecule has 0 saturated carbocycles. The van der Waals surface area contributed by atoms with Crippen molar-refractivity contribution in [3.8, 4) is 11.4 Å². The Bertz CT molecular complexity index is 536. The average molecular weight is 273 g/mol. The Morgan fingerprint density at radius 2 is 2.20 bits per heavy atom. The number of imidazole rings is 1. The lowest BCUT2D eigenvalue weighted by atomic mass is 10.2. The molecule has 0 fully saturated rings. The van der Waals surface area contributed by atoms with Gasteiger partial charge in [0, 0.05) is 25.0 Å². The van der Waals surface area contributed by atoms with E-state index in [0.717, 1.165) is 36.8 Å². The molecule has 1 unspecified atom stereocenters. The number of ether oxygens (including phenoxy) is 1. The van der Waals surface area contributed by atoms with E-state index >= 15 is 0 Å². The van der Waals surface area contributed by atoms with Gasteiger partial charge in [0.05, 0.1) is 11.8 Å². The fraction of sp³-hybridized carbons (Fsp3) is 0.438. The highest BCUT2D eigenvalue weighted by Crippen LogP contribution is 2.21. The molecule has 4 nitrogen and oxygen atoms in total. The molecule has 0 aliphatic rings. The number of nitrogens with zero attached hydrogens (tertiary/aromatic N) is 2. The minimum atomic E-state index is 0.228. The Hall–Kier alpha value is -1.97. The Morgan fingerprint density at radius 3 is 2.95 bits per heavy atom. The van der Waals surface area contributed by atoms with Crippen molar-refractivity contribution in [1.29, 1.82) is 0 Å². The first-order valence-corrected chi connectivity index (χ1v) is 7.29. The van der Waals surface area contributed by atoms with E-state index in [1.54, 1.807) is 6.20 Å². The number of aromatic nitrogens is 2. The van der Waals surface area contributed by atoms with Crippen LogP contribution in [0.4, 0.5) is 5.95 Å². The predicted molar refractivity (Wildman–Crippen MR) is 82.7 cm³/mol. The summed E-state index contributed by atoms with van der Waals surface area (Å²) in [7, 11) is 0. The summed E-state index contributed by atoms with van der Waals surface area (Å²) in [5.74, 6) is 1.76. The molecule has 1 heterocycles. The number of nitrogens with one attached hydrogen (secondary N) is 1. The summed E-state index contributed by atoms with van der Waals surface area (Å²) in [5, 5.41) is 3.32. The molecule has 0 bridgehead atoms. The number of rotatable bonds is 7. The summed E-state index contributed by atoms with van der Waals surface area (Å²) >= 11 is 0. The molecule has 1 aromatic heterocycles. The molecule has 4 heteroatoms. The largest absolute Gasteiger partial charge is 0.491 e. The van der Waals surface area contributed by atoms with Crippen LogP contribution in [0.3, 0.4) is 0 Å². The first-order chi connectivity index (χ1) is 9.74. The van der Waals surface area contributed by atoms with Crippen LogP contribution in [0.1, 0.15) is 33.6 Å². The van der Waals surface area contributed by atoms with Gasteiger partial charge in [-0.2, -0.15) is 0 Å². The standard InChI is InChI=1S/C16H23N3O/c1-4-9-17-16-18-10-11-19(16)14-7-6-8-15(12-14)20-13(3)5-2/h6-8,10-13H,4-5,9H2,1-3H3,(H,17,18). The molecule has 1 N–H and O–H groups in total. The molecular formula is C16H23N3O. The summed E-state index contributed by atoms with van der Waals surface area (Å²) in [6.07, 6.45) is 6.06. The van der Waals surface area contributed by atoms with Crippen molar-refractivity contribution >= 4 is 5.95 Å². The zero-order valence-electron chi connectivity index (χ0n) is 12.5. The summed E-state index contributed by atoms with van der Waals surface area (Å²) in [5.41, 5.74) is 1.06. The van der Waals surface area contributed by atoms with Crippen molar-refractivity contribution in [2.45, 2.75) is 39.7 Å². The molecule has 0 aliphatic heterocycles. The fourth-order valence-corrected chi connectivity index (χ4v) is 1.90. The maximum Gasteiger partial charge on any atom is 0.207 e. The number of hydrogen-bond acceptors (Lipinski definition) is 3. The summed E-state index contributed by atoms with van der Waals surface area (Å²) in [6.45, 7) is 7.26. The van der Waals surface area contributed by atoms with Gasteiger partial charge in [0.1, 0.15) is 5.75 Å². The molecule has 0 spiro atoms. The van der Waals surface area contributed by atoms with Crippen LogP contribution in [0.5, 0.6) is 5.75 Å². The van der Waals surface area contributed by atoms with Crippen molar-refractivity contribution in [2.24, 2.45) is 0 Å². The van der Waals surface area contributed by atoms with E-state index in [-0.39, 0.29) is 6.10 Å². The zero-order chi connectivity index (χ0) is 14.4. The Balaban J connectivity index is 2.20. The normalized spacial score (nSPS) is 12.2. The zero-order valence-corrected chi connectivity index (χ0v) is 12.5. The fourth-order valence-electron chi connectivity index (χ4n) is 1.90. The van der Waals surface area contributed by atoms with Crippen LogP contribution in [0, 0.1) is 0 Å². The molecule has 2 rings (SSSR count). The van der Waals surface area contributed by atoms with Crippen molar-refractivity contribution in [3.63, 3.8) is 0 Å². The van der Waals surface area contributed by atoms with Gasteiger partial charge < -0.3 is 10.1 Å². The lowest BCUT2D eigenvalue weighted by Gasteiger charge is -2.14. The number of benzene rings is 1. The SMILES string of the molecule is CCCNc1nccn1-c1cccc(OC(C)CC)c1. The smallest absolute Gasteiger partial charge is 0.207 e. The van der Waals surface area contributed by atoms with Gasteiger partial charge in [-0.05, 0) is 31.9 Å².